The predicted octanol–water partition coefficient (Wildman–Crippen LogP) is 1.30. The van der Waals surface area contributed by atoms with E-state index in [0.717, 1.165) is 4.90 Å². The minimum Gasteiger partial charge on any atom is -0.398 e. The van der Waals surface area contributed by atoms with Gasteiger partial charge < -0.3 is 5.73 Å². The van der Waals surface area contributed by atoms with Gasteiger partial charge in [0.15, 0.2) is 0 Å². The molecule has 0 amide bonds. The van der Waals surface area contributed by atoms with Gasteiger partial charge in [-0.2, -0.15) is 0 Å². The van der Waals surface area contributed by atoms with E-state index in [1.54, 1.807) is 6.07 Å². The molecule has 0 aliphatic carbocycles. The second kappa shape index (κ2) is 7.31. The van der Waals surface area contributed by atoms with Gasteiger partial charge in [-0.1, -0.05) is 12.1 Å². The second-order valence-corrected chi connectivity index (χ2v) is 6.62. The van der Waals surface area contributed by atoms with Crippen LogP contribution in [0, 0.1) is 12.3 Å². The second-order valence-electron chi connectivity index (χ2n) is 3.55. The molecule has 0 heterocycles. The lowest BCUT2D eigenvalue weighted by Crippen LogP contribution is -2.28. The fraction of sp³-hybridized carbons (Fsp3) is 0.333. The molecule has 0 aliphatic heterocycles. The van der Waals surface area contributed by atoms with Gasteiger partial charge in [-0.15, -0.1) is 24.1 Å². The molecule has 0 aliphatic rings. The summed E-state index contributed by atoms with van der Waals surface area (Å²) in [5, 5.41) is 0. The molecular formula is C12H16N2O2S2. The first-order valence-electron chi connectivity index (χ1n) is 5.43. The highest BCUT2D eigenvalue weighted by Crippen LogP contribution is 2.24. The van der Waals surface area contributed by atoms with E-state index in [0.29, 0.717) is 17.9 Å². The number of nitrogen functional groups attached to an aromatic ring is 1. The summed E-state index contributed by atoms with van der Waals surface area (Å²) in [5.41, 5.74) is 6.43. The lowest BCUT2D eigenvalue weighted by atomic mass is 10.3. The quantitative estimate of drug-likeness (QED) is 0.343. The molecule has 0 saturated carbocycles. The van der Waals surface area contributed by atoms with E-state index >= 15 is 0 Å². The molecule has 0 fully saturated rings. The molecular weight excluding hydrogens is 268 g/mol. The Morgan fingerprint density at radius 3 is 2.78 bits per heavy atom. The van der Waals surface area contributed by atoms with Crippen LogP contribution in [0.2, 0.25) is 0 Å². The van der Waals surface area contributed by atoms with Gasteiger partial charge in [0.25, 0.3) is 0 Å². The molecule has 0 spiro atoms. The van der Waals surface area contributed by atoms with Crippen LogP contribution in [-0.2, 0) is 10.0 Å². The normalized spacial score (nSPS) is 11.1. The molecule has 0 radical (unpaired) electrons. The van der Waals surface area contributed by atoms with Crippen molar-refractivity contribution in [3.8, 4) is 12.3 Å². The van der Waals surface area contributed by atoms with E-state index in [4.69, 9.17) is 12.2 Å². The Labute approximate surface area is 112 Å². The smallest absolute Gasteiger partial charge is 0.212 e. The average Bonchev–Trinajstić information content (AvgIpc) is 2.32. The van der Waals surface area contributed by atoms with Gasteiger partial charge in [0.05, 0.1) is 5.75 Å². The number of terminal acetylenes is 1. The van der Waals surface area contributed by atoms with Crippen molar-refractivity contribution in [3.63, 3.8) is 0 Å². The third kappa shape index (κ3) is 5.45. The van der Waals surface area contributed by atoms with Crippen LogP contribution in [0.3, 0.4) is 0 Å². The number of sulfonamides is 1. The minimum absolute atomic E-state index is 0.0522. The number of rotatable bonds is 7. The first kappa shape index (κ1) is 14.9. The van der Waals surface area contributed by atoms with Crippen molar-refractivity contribution in [1.29, 1.82) is 0 Å². The van der Waals surface area contributed by atoms with E-state index in [-0.39, 0.29) is 12.3 Å². The largest absolute Gasteiger partial charge is 0.398 e. The monoisotopic (exact) mass is 284 g/mol. The molecule has 0 atom stereocenters. The Morgan fingerprint density at radius 1 is 1.39 bits per heavy atom. The number of thioether (sulfide) groups is 1. The van der Waals surface area contributed by atoms with Gasteiger partial charge in [0.2, 0.25) is 10.0 Å². The van der Waals surface area contributed by atoms with Crippen molar-refractivity contribution in [2.75, 3.05) is 23.8 Å². The Balaban J connectivity index is 2.38. The molecule has 98 valence electrons. The number of hydrogen-bond donors (Lipinski definition) is 2. The summed E-state index contributed by atoms with van der Waals surface area (Å²) >= 11 is 1.43. The highest BCUT2D eigenvalue weighted by molar-refractivity contribution is 8.00. The zero-order valence-corrected chi connectivity index (χ0v) is 11.6. The lowest BCUT2D eigenvalue weighted by Gasteiger charge is -2.06. The van der Waals surface area contributed by atoms with Crippen molar-refractivity contribution in [2.45, 2.75) is 11.3 Å². The number of hydrogen-bond acceptors (Lipinski definition) is 4. The van der Waals surface area contributed by atoms with Gasteiger partial charge in [0.1, 0.15) is 0 Å². The number of nitrogens with one attached hydrogen (secondary N) is 1. The van der Waals surface area contributed by atoms with Crippen molar-refractivity contribution in [2.24, 2.45) is 0 Å². The standard InChI is InChI=1S/C12H16N2O2S2/c1-2-3-8-14-18(15,16)10-9-17-12-7-5-4-6-11(12)13/h1,4-7,14H,3,8-10,13H2. The minimum atomic E-state index is -3.24. The SMILES string of the molecule is C#CCCNS(=O)(=O)CCSc1ccccc1N. The third-order valence-corrected chi connectivity index (χ3v) is 4.85. The number of para-hydroxylation sites is 1. The molecule has 1 rings (SSSR count). The first-order chi connectivity index (χ1) is 8.55. The van der Waals surface area contributed by atoms with Crippen molar-refractivity contribution in [1.82, 2.24) is 4.72 Å². The number of benzene rings is 1. The average molecular weight is 284 g/mol. The molecule has 6 heteroatoms. The van der Waals surface area contributed by atoms with Gasteiger partial charge >= 0.3 is 0 Å². The van der Waals surface area contributed by atoms with E-state index in [1.807, 2.05) is 18.2 Å². The van der Waals surface area contributed by atoms with Gasteiger partial charge in [0, 0.05) is 29.3 Å². The maximum absolute atomic E-state index is 11.6. The van der Waals surface area contributed by atoms with Crippen LogP contribution in [0.4, 0.5) is 5.69 Å². The molecule has 4 nitrogen and oxygen atoms in total. The summed E-state index contributed by atoms with van der Waals surface area (Å²) in [4.78, 5) is 0.899. The maximum Gasteiger partial charge on any atom is 0.212 e. The van der Waals surface area contributed by atoms with Gasteiger partial charge in [-0.25, -0.2) is 13.1 Å². The Bertz CT molecular complexity index is 521. The first-order valence-corrected chi connectivity index (χ1v) is 8.07. The highest BCUT2D eigenvalue weighted by Gasteiger charge is 2.09. The van der Waals surface area contributed by atoms with Crippen molar-refractivity contribution < 1.29 is 8.42 Å². The van der Waals surface area contributed by atoms with Crippen LogP contribution in [-0.4, -0.2) is 26.5 Å². The van der Waals surface area contributed by atoms with Crippen LogP contribution in [0.5, 0.6) is 0 Å². The molecule has 18 heavy (non-hydrogen) atoms. The predicted molar refractivity (Wildman–Crippen MR) is 76.8 cm³/mol. The Kier molecular flexibility index (Phi) is 6.05. The lowest BCUT2D eigenvalue weighted by molar-refractivity contribution is 0.584. The summed E-state index contributed by atoms with van der Waals surface area (Å²) in [6.07, 6.45) is 5.45. The fourth-order valence-electron chi connectivity index (χ4n) is 1.22. The van der Waals surface area contributed by atoms with Crippen LogP contribution >= 0.6 is 11.8 Å². The summed E-state index contributed by atoms with van der Waals surface area (Å²) in [5.74, 6) is 2.89. The molecule has 0 saturated heterocycles. The Hall–Kier alpha value is -1.16. The summed E-state index contributed by atoms with van der Waals surface area (Å²) in [7, 11) is -3.24. The molecule has 0 bridgehead atoms. The summed E-state index contributed by atoms with van der Waals surface area (Å²) < 4.78 is 25.6. The van der Waals surface area contributed by atoms with Crippen LogP contribution in [0.15, 0.2) is 29.2 Å². The zero-order valence-electron chi connectivity index (χ0n) is 9.93. The van der Waals surface area contributed by atoms with Crippen molar-refractivity contribution in [3.05, 3.63) is 24.3 Å². The van der Waals surface area contributed by atoms with Crippen LogP contribution in [0.25, 0.3) is 0 Å². The summed E-state index contributed by atoms with van der Waals surface area (Å²) in [6.45, 7) is 0.289. The van der Waals surface area contributed by atoms with Gasteiger partial charge in [-0.3, -0.25) is 0 Å². The van der Waals surface area contributed by atoms with E-state index < -0.39 is 10.0 Å². The molecule has 1 aromatic carbocycles. The van der Waals surface area contributed by atoms with E-state index in [2.05, 4.69) is 10.6 Å². The molecule has 1 aromatic rings. The van der Waals surface area contributed by atoms with Crippen LogP contribution in [0.1, 0.15) is 6.42 Å². The molecule has 3 N–H and O–H groups in total. The fourth-order valence-corrected chi connectivity index (χ4v) is 3.62. The highest BCUT2D eigenvalue weighted by atomic mass is 32.2. The van der Waals surface area contributed by atoms with Gasteiger partial charge in [-0.05, 0) is 12.1 Å². The molecule has 0 aromatic heterocycles. The third-order valence-electron chi connectivity index (χ3n) is 2.12. The molecule has 0 unspecified atom stereocenters. The Morgan fingerprint density at radius 2 is 2.11 bits per heavy atom. The number of anilines is 1. The summed E-state index contributed by atoms with van der Waals surface area (Å²) in [6, 6.07) is 7.39. The van der Waals surface area contributed by atoms with E-state index in [9.17, 15) is 8.42 Å². The maximum atomic E-state index is 11.6. The van der Waals surface area contributed by atoms with E-state index in [1.165, 1.54) is 11.8 Å². The van der Waals surface area contributed by atoms with Crippen LogP contribution < -0.4 is 10.5 Å². The van der Waals surface area contributed by atoms with Crippen molar-refractivity contribution >= 4 is 27.5 Å². The topological polar surface area (TPSA) is 72.2 Å². The number of nitrogens with two attached hydrogens (primary N) is 1. The zero-order chi connectivity index (χ0) is 13.4.